The van der Waals surface area contributed by atoms with Crippen LogP contribution in [0, 0.1) is 20.8 Å². The fourth-order valence-corrected chi connectivity index (χ4v) is 5.16. The van der Waals surface area contributed by atoms with E-state index >= 15 is 0 Å². The minimum absolute atomic E-state index is 0.363. The summed E-state index contributed by atoms with van der Waals surface area (Å²) in [6, 6.07) is 8.51. The van der Waals surface area contributed by atoms with Gasteiger partial charge in [-0.3, -0.25) is 9.58 Å². The molecule has 0 aliphatic carbocycles. The Labute approximate surface area is 150 Å². The quantitative estimate of drug-likeness (QED) is 0.833. The first-order chi connectivity index (χ1) is 11.8. The molecule has 1 saturated heterocycles. The number of nitrogens with zero attached hydrogens (tertiary/aromatic N) is 4. The van der Waals surface area contributed by atoms with E-state index in [1.807, 2.05) is 0 Å². The molecule has 2 heterocycles. The highest BCUT2D eigenvalue weighted by atomic mass is 32.2. The van der Waals surface area contributed by atoms with Crippen LogP contribution in [0.4, 0.5) is 0 Å². The summed E-state index contributed by atoms with van der Waals surface area (Å²) in [6.45, 7) is 9.02. The molecule has 0 saturated carbocycles. The molecule has 1 aliphatic rings. The summed E-state index contributed by atoms with van der Waals surface area (Å²) in [6.07, 6.45) is 0. The van der Waals surface area contributed by atoms with Crippen molar-refractivity contribution in [2.75, 3.05) is 26.2 Å². The van der Waals surface area contributed by atoms with Gasteiger partial charge in [0, 0.05) is 39.8 Å². The molecular formula is C18H26N4O2S. The van der Waals surface area contributed by atoms with E-state index in [1.54, 1.807) is 29.9 Å². The van der Waals surface area contributed by atoms with Crippen molar-refractivity contribution in [2.45, 2.75) is 32.2 Å². The second kappa shape index (κ2) is 6.90. The fourth-order valence-electron chi connectivity index (χ4n) is 3.34. The van der Waals surface area contributed by atoms with Crippen molar-refractivity contribution in [2.24, 2.45) is 7.05 Å². The summed E-state index contributed by atoms with van der Waals surface area (Å²) in [5.74, 6) is 0. The highest BCUT2D eigenvalue weighted by Crippen LogP contribution is 2.24. The van der Waals surface area contributed by atoms with Crippen LogP contribution in [-0.2, 0) is 23.6 Å². The number of rotatable bonds is 4. The lowest BCUT2D eigenvalue weighted by molar-refractivity contribution is 0.181. The van der Waals surface area contributed by atoms with Crippen LogP contribution in [0.15, 0.2) is 29.2 Å². The SMILES string of the molecule is Cc1ccc(CN2CCN(S(=O)(=O)c3c(C)nn(C)c3C)CC2)cc1. The predicted octanol–water partition coefficient (Wildman–Crippen LogP) is 1.85. The van der Waals surface area contributed by atoms with Gasteiger partial charge in [-0.2, -0.15) is 9.40 Å². The zero-order valence-electron chi connectivity index (χ0n) is 15.4. The van der Waals surface area contributed by atoms with Gasteiger partial charge in [0.15, 0.2) is 0 Å². The third-order valence-electron chi connectivity index (χ3n) is 4.90. The minimum Gasteiger partial charge on any atom is -0.296 e. The molecule has 2 aromatic rings. The first-order valence-corrected chi connectivity index (χ1v) is 10.0. The first-order valence-electron chi connectivity index (χ1n) is 8.57. The normalized spacial score (nSPS) is 17.1. The Morgan fingerprint density at radius 2 is 1.60 bits per heavy atom. The number of sulfonamides is 1. The summed E-state index contributed by atoms with van der Waals surface area (Å²) in [4.78, 5) is 2.67. The van der Waals surface area contributed by atoms with Crippen LogP contribution in [0.1, 0.15) is 22.5 Å². The number of aromatic nitrogens is 2. The minimum atomic E-state index is -3.48. The maximum Gasteiger partial charge on any atom is 0.246 e. The molecule has 1 aromatic heterocycles. The molecule has 0 atom stereocenters. The molecule has 136 valence electrons. The van der Waals surface area contributed by atoms with E-state index in [0.29, 0.717) is 29.4 Å². The molecule has 7 heteroatoms. The third-order valence-corrected chi connectivity index (χ3v) is 7.05. The Balaban J connectivity index is 1.68. The fraction of sp³-hybridized carbons (Fsp3) is 0.500. The van der Waals surface area contributed by atoms with Gasteiger partial charge in [-0.25, -0.2) is 8.42 Å². The van der Waals surface area contributed by atoms with E-state index in [1.165, 1.54) is 11.1 Å². The number of aryl methyl sites for hydroxylation is 3. The second-order valence-corrected chi connectivity index (χ2v) is 8.66. The van der Waals surface area contributed by atoms with Crippen molar-refractivity contribution in [3.05, 3.63) is 46.8 Å². The number of hydrogen-bond acceptors (Lipinski definition) is 4. The van der Waals surface area contributed by atoms with Crippen LogP contribution in [0.25, 0.3) is 0 Å². The molecule has 0 radical (unpaired) electrons. The van der Waals surface area contributed by atoms with Crippen LogP contribution < -0.4 is 0 Å². The zero-order valence-corrected chi connectivity index (χ0v) is 16.2. The molecule has 6 nitrogen and oxygen atoms in total. The van der Waals surface area contributed by atoms with E-state index in [0.717, 1.165) is 19.6 Å². The van der Waals surface area contributed by atoms with E-state index in [4.69, 9.17) is 0 Å². The van der Waals surface area contributed by atoms with Gasteiger partial charge in [0.1, 0.15) is 4.90 Å². The van der Waals surface area contributed by atoms with Crippen molar-refractivity contribution >= 4 is 10.0 Å². The van der Waals surface area contributed by atoms with Gasteiger partial charge in [-0.1, -0.05) is 29.8 Å². The Morgan fingerprint density at radius 3 is 2.12 bits per heavy atom. The maximum atomic E-state index is 13.0. The lowest BCUT2D eigenvalue weighted by Gasteiger charge is -2.34. The molecule has 1 fully saturated rings. The van der Waals surface area contributed by atoms with Crippen molar-refractivity contribution in [1.82, 2.24) is 19.0 Å². The van der Waals surface area contributed by atoms with Crippen molar-refractivity contribution in [1.29, 1.82) is 0 Å². The predicted molar refractivity (Wildman–Crippen MR) is 97.9 cm³/mol. The van der Waals surface area contributed by atoms with Crippen LogP contribution in [-0.4, -0.2) is 53.6 Å². The van der Waals surface area contributed by atoms with Crippen LogP contribution in [0.3, 0.4) is 0 Å². The molecule has 25 heavy (non-hydrogen) atoms. The zero-order chi connectivity index (χ0) is 18.2. The van der Waals surface area contributed by atoms with Gasteiger partial charge in [0.2, 0.25) is 10.0 Å². The van der Waals surface area contributed by atoms with E-state index in [9.17, 15) is 8.42 Å². The van der Waals surface area contributed by atoms with Gasteiger partial charge in [0.25, 0.3) is 0 Å². The average Bonchev–Trinajstić information content (AvgIpc) is 2.83. The molecule has 0 unspecified atom stereocenters. The Bertz CT molecular complexity index is 848. The van der Waals surface area contributed by atoms with Crippen LogP contribution in [0.2, 0.25) is 0 Å². The topological polar surface area (TPSA) is 58.4 Å². The lowest BCUT2D eigenvalue weighted by atomic mass is 10.1. The largest absolute Gasteiger partial charge is 0.296 e. The van der Waals surface area contributed by atoms with Crippen molar-refractivity contribution in [3.8, 4) is 0 Å². The Hall–Kier alpha value is -1.70. The van der Waals surface area contributed by atoms with E-state index in [2.05, 4.69) is 41.2 Å². The summed E-state index contributed by atoms with van der Waals surface area (Å²) in [5, 5.41) is 4.25. The van der Waals surface area contributed by atoms with Gasteiger partial charge >= 0.3 is 0 Å². The number of piperazine rings is 1. The summed E-state index contributed by atoms with van der Waals surface area (Å²) in [5.41, 5.74) is 3.78. The van der Waals surface area contributed by atoms with Crippen molar-refractivity contribution < 1.29 is 8.42 Å². The highest BCUT2D eigenvalue weighted by molar-refractivity contribution is 7.89. The summed E-state index contributed by atoms with van der Waals surface area (Å²) >= 11 is 0. The standard InChI is InChI=1S/C18H26N4O2S/c1-14-5-7-17(8-6-14)13-21-9-11-22(12-10-21)25(23,24)18-15(2)19-20(4)16(18)3/h5-8H,9-13H2,1-4H3. The molecule has 1 aliphatic heterocycles. The van der Waals surface area contributed by atoms with Crippen LogP contribution in [0.5, 0.6) is 0 Å². The smallest absolute Gasteiger partial charge is 0.246 e. The summed E-state index contributed by atoms with van der Waals surface area (Å²) in [7, 11) is -1.70. The monoisotopic (exact) mass is 362 g/mol. The van der Waals surface area contributed by atoms with E-state index < -0.39 is 10.0 Å². The highest BCUT2D eigenvalue weighted by Gasteiger charge is 2.32. The van der Waals surface area contributed by atoms with Gasteiger partial charge in [0.05, 0.1) is 11.4 Å². The third kappa shape index (κ3) is 3.63. The second-order valence-electron chi connectivity index (χ2n) is 6.79. The number of hydrogen-bond donors (Lipinski definition) is 0. The lowest BCUT2D eigenvalue weighted by Crippen LogP contribution is -2.48. The molecule has 0 N–H and O–H groups in total. The van der Waals surface area contributed by atoms with Gasteiger partial charge in [-0.05, 0) is 26.3 Å². The van der Waals surface area contributed by atoms with Crippen LogP contribution >= 0.6 is 0 Å². The molecule has 3 rings (SSSR count). The van der Waals surface area contributed by atoms with Gasteiger partial charge in [-0.15, -0.1) is 0 Å². The Morgan fingerprint density at radius 1 is 1.00 bits per heavy atom. The molecule has 0 amide bonds. The molecule has 0 bridgehead atoms. The molecule has 0 spiro atoms. The van der Waals surface area contributed by atoms with E-state index in [-0.39, 0.29) is 0 Å². The molecule has 1 aromatic carbocycles. The van der Waals surface area contributed by atoms with Gasteiger partial charge < -0.3 is 0 Å². The maximum absolute atomic E-state index is 13.0. The number of benzene rings is 1. The first kappa shape index (κ1) is 18.1. The molecular weight excluding hydrogens is 336 g/mol. The Kier molecular flexibility index (Phi) is 4.99. The summed E-state index contributed by atoms with van der Waals surface area (Å²) < 4.78 is 29.2. The average molecular weight is 362 g/mol. The van der Waals surface area contributed by atoms with Crippen molar-refractivity contribution in [3.63, 3.8) is 0 Å².